The SMILES string of the molecule is CC(Cl)c1nc2c(F)cccc2n1Cc1ccon1. The second-order valence-corrected chi connectivity index (χ2v) is 4.93. The molecule has 1 aromatic carbocycles. The third-order valence-electron chi connectivity index (χ3n) is 2.93. The van der Waals surface area contributed by atoms with E-state index in [0.717, 1.165) is 5.69 Å². The molecule has 0 amide bonds. The first-order chi connectivity index (χ1) is 9.16. The van der Waals surface area contributed by atoms with Gasteiger partial charge in [-0.1, -0.05) is 11.2 Å². The lowest BCUT2D eigenvalue weighted by Crippen LogP contribution is -2.05. The van der Waals surface area contributed by atoms with Crippen molar-refractivity contribution in [1.29, 1.82) is 0 Å². The fraction of sp³-hybridized carbons (Fsp3) is 0.231. The van der Waals surface area contributed by atoms with Crippen LogP contribution in [0.25, 0.3) is 11.0 Å². The Labute approximate surface area is 113 Å². The molecular formula is C13H11ClFN3O. The Hall–Kier alpha value is -1.88. The summed E-state index contributed by atoms with van der Waals surface area (Å²) in [5.41, 5.74) is 1.76. The highest BCUT2D eigenvalue weighted by molar-refractivity contribution is 6.20. The first-order valence-corrected chi connectivity index (χ1v) is 6.28. The molecule has 0 aliphatic carbocycles. The van der Waals surface area contributed by atoms with Gasteiger partial charge in [0, 0.05) is 6.07 Å². The molecule has 0 N–H and O–H groups in total. The monoisotopic (exact) mass is 279 g/mol. The van der Waals surface area contributed by atoms with Gasteiger partial charge >= 0.3 is 0 Å². The van der Waals surface area contributed by atoms with Crippen LogP contribution in [0.3, 0.4) is 0 Å². The van der Waals surface area contributed by atoms with Crippen LogP contribution in [-0.2, 0) is 6.54 Å². The molecule has 0 spiro atoms. The lowest BCUT2D eigenvalue weighted by Gasteiger charge is -2.08. The molecule has 0 saturated heterocycles. The zero-order valence-electron chi connectivity index (χ0n) is 10.2. The van der Waals surface area contributed by atoms with Crippen LogP contribution in [0, 0.1) is 5.82 Å². The van der Waals surface area contributed by atoms with Gasteiger partial charge in [-0.3, -0.25) is 0 Å². The summed E-state index contributed by atoms with van der Waals surface area (Å²) in [5, 5.41) is 3.54. The normalized spacial score (nSPS) is 13.0. The van der Waals surface area contributed by atoms with E-state index < -0.39 is 0 Å². The van der Waals surface area contributed by atoms with Crippen molar-refractivity contribution in [3.63, 3.8) is 0 Å². The number of rotatable bonds is 3. The average Bonchev–Trinajstić information content (AvgIpc) is 2.99. The topological polar surface area (TPSA) is 43.9 Å². The Balaban J connectivity index is 2.19. The average molecular weight is 280 g/mol. The van der Waals surface area contributed by atoms with Crippen LogP contribution >= 0.6 is 11.6 Å². The van der Waals surface area contributed by atoms with E-state index in [1.54, 1.807) is 19.1 Å². The van der Waals surface area contributed by atoms with Gasteiger partial charge in [-0.05, 0) is 19.1 Å². The van der Waals surface area contributed by atoms with Gasteiger partial charge in [0.05, 0.1) is 17.4 Å². The van der Waals surface area contributed by atoms with Crippen molar-refractivity contribution in [2.24, 2.45) is 0 Å². The fourth-order valence-corrected chi connectivity index (χ4v) is 2.25. The summed E-state index contributed by atoms with van der Waals surface area (Å²) in [6.45, 7) is 2.25. The third-order valence-corrected chi connectivity index (χ3v) is 3.12. The van der Waals surface area contributed by atoms with Gasteiger partial charge in [0.15, 0.2) is 5.82 Å². The van der Waals surface area contributed by atoms with E-state index in [4.69, 9.17) is 16.1 Å². The van der Waals surface area contributed by atoms with Crippen molar-refractivity contribution < 1.29 is 8.91 Å². The van der Waals surface area contributed by atoms with E-state index in [2.05, 4.69) is 10.1 Å². The highest BCUT2D eigenvalue weighted by Gasteiger charge is 2.17. The van der Waals surface area contributed by atoms with Crippen molar-refractivity contribution in [3.05, 3.63) is 47.9 Å². The number of fused-ring (bicyclic) bond motifs is 1. The first kappa shape index (κ1) is 12.2. The summed E-state index contributed by atoms with van der Waals surface area (Å²) in [6.07, 6.45) is 1.50. The Morgan fingerprint density at radius 1 is 1.42 bits per heavy atom. The minimum atomic E-state index is -0.352. The van der Waals surface area contributed by atoms with Crippen LogP contribution in [-0.4, -0.2) is 14.7 Å². The predicted octanol–water partition coefficient (Wildman–Crippen LogP) is 3.51. The second kappa shape index (κ2) is 4.66. The summed E-state index contributed by atoms with van der Waals surface area (Å²) in [4.78, 5) is 4.29. The molecule has 4 nitrogen and oxygen atoms in total. The van der Waals surface area contributed by atoms with E-state index in [-0.39, 0.29) is 11.2 Å². The standard InChI is InChI=1S/C13H11ClFN3O/c1-8(14)13-16-12-10(15)3-2-4-11(12)18(13)7-9-5-6-19-17-9/h2-6,8H,7H2,1H3. The summed E-state index contributed by atoms with van der Waals surface area (Å²) in [7, 11) is 0. The van der Waals surface area contributed by atoms with Crippen molar-refractivity contribution >= 4 is 22.6 Å². The number of imidazole rings is 1. The van der Waals surface area contributed by atoms with Crippen LogP contribution in [0.4, 0.5) is 4.39 Å². The number of benzene rings is 1. The molecule has 0 bridgehead atoms. The number of aromatic nitrogens is 3. The molecule has 0 saturated carbocycles. The van der Waals surface area contributed by atoms with E-state index in [1.807, 2.05) is 10.6 Å². The Bertz CT molecular complexity index is 706. The summed E-state index contributed by atoms with van der Waals surface area (Å²) in [6, 6.07) is 6.61. The molecule has 2 heterocycles. The number of halogens is 2. The third kappa shape index (κ3) is 2.10. The maximum absolute atomic E-state index is 13.8. The van der Waals surface area contributed by atoms with Crippen molar-refractivity contribution in [3.8, 4) is 0 Å². The summed E-state index contributed by atoms with van der Waals surface area (Å²) in [5.74, 6) is 0.264. The largest absolute Gasteiger partial charge is 0.364 e. The van der Waals surface area contributed by atoms with Gasteiger partial charge in [-0.25, -0.2) is 9.37 Å². The Morgan fingerprint density at radius 3 is 2.95 bits per heavy atom. The smallest absolute Gasteiger partial charge is 0.151 e. The van der Waals surface area contributed by atoms with Crippen molar-refractivity contribution in [1.82, 2.24) is 14.7 Å². The van der Waals surface area contributed by atoms with Crippen LogP contribution in [0.1, 0.15) is 23.8 Å². The molecule has 3 rings (SSSR count). The van der Waals surface area contributed by atoms with E-state index >= 15 is 0 Å². The van der Waals surface area contributed by atoms with Crippen LogP contribution in [0.15, 0.2) is 35.1 Å². The van der Waals surface area contributed by atoms with E-state index in [0.29, 0.717) is 23.4 Å². The lowest BCUT2D eigenvalue weighted by molar-refractivity contribution is 0.409. The quantitative estimate of drug-likeness (QED) is 0.689. The zero-order valence-corrected chi connectivity index (χ0v) is 10.9. The van der Waals surface area contributed by atoms with Crippen molar-refractivity contribution in [2.45, 2.75) is 18.8 Å². The molecule has 19 heavy (non-hydrogen) atoms. The Kier molecular flexibility index (Phi) is 2.98. The number of nitrogens with zero attached hydrogens (tertiary/aromatic N) is 3. The van der Waals surface area contributed by atoms with Crippen LogP contribution in [0.5, 0.6) is 0 Å². The Morgan fingerprint density at radius 2 is 2.26 bits per heavy atom. The molecule has 6 heteroatoms. The maximum Gasteiger partial charge on any atom is 0.151 e. The molecule has 3 aromatic rings. The van der Waals surface area contributed by atoms with Crippen LogP contribution in [0.2, 0.25) is 0 Å². The fourth-order valence-electron chi connectivity index (χ4n) is 2.08. The molecule has 98 valence electrons. The lowest BCUT2D eigenvalue weighted by atomic mass is 10.3. The van der Waals surface area contributed by atoms with E-state index in [1.165, 1.54) is 12.3 Å². The van der Waals surface area contributed by atoms with Gasteiger partial charge in [-0.15, -0.1) is 11.6 Å². The zero-order chi connectivity index (χ0) is 13.4. The van der Waals surface area contributed by atoms with E-state index in [9.17, 15) is 4.39 Å². The predicted molar refractivity (Wildman–Crippen MR) is 69.6 cm³/mol. The minimum absolute atomic E-state index is 0.321. The van der Waals surface area contributed by atoms with Gasteiger partial charge in [-0.2, -0.15) is 0 Å². The summed E-state index contributed by atoms with van der Waals surface area (Å²) >= 11 is 6.12. The molecule has 1 unspecified atom stereocenters. The number of para-hydroxylation sites is 1. The highest BCUT2D eigenvalue weighted by atomic mass is 35.5. The summed E-state index contributed by atoms with van der Waals surface area (Å²) < 4.78 is 20.4. The molecule has 2 aromatic heterocycles. The number of hydrogen-bond donors (Lipinski definition) is 0. The molecule has 0 aliphatic rings. The molecule has 0 fully saturated rings. The second-order valence-electron chi connectivity index (χ2n) is 4.27. The van der Waals surface area contributed by atoms with Gasteiger partial charge < -0.3 is 9.09 Å². The molecule has 0 aliphatic heterocycles. The minimum Gasteiger partial charge on any atom is -0.364 e. The van der Waals surface area contributed by atoms with Gasteiger partial charge in [0.25, 0.3) is 0 Å². The number of alkyl halides is 1. The molecule has 0 radical (unpaired) electrons. The molecule has 1 atom stereocenters. The first-order valence-electron chi connectivity index (χ1n) is 5.85. The van der Waals surface area contributed by atoms with Gasteiger partial charge in [0.2, 0.25) is 0 Å². The van der Waals surface area contributed by atoms with Crippen LogP contribution < -0.4 is 0 Å². The maximum atomic E-state index is 13.8. The highest BCUT2D eigenvalue weighted by Crippen LogP contribution is 2.26. The molecular weight excluding hydrogens is 269 g/mol. The van der Waals surface area contributed by atoms with Crippen molar-refractivity contribution in [2.75, 3.05) is 0 Å². The number of hydrogen-bond acceptors (Lipinski definition) is 3. The van der Waals surface area contributed by atoms with Gasteiger partial charge in [0.1, 0.15) is 23.3 Å².